The van der Waals surface area contributed by atoms with E-state index < -0.39 is 23.5 Å². The number of carboxylic acids is 1. The number of rotatable bonds is 17. The number of ether oxygens (including phenoxy) is 2. The fourth-order valence-corrected chi connectivity index (χ4v) is 6.77. The number of nitrogens with zero attached hydrogens (tertiary/aromatic N) is 1. The summed E-state index contributed by atoms with van der Waals surface area (Å²) in [6.07, 6.45) is 5.46. The van der Waals surface area contributed by atoms with Crippen LogP contribution in [0, 0.1) is 0 Å². The molecule has 9 nitrogen and oxygen atoms in total. The lowest BCUT2D eigenvalue weighted by Crippen LogP contribution is -2.23. The van der Waals surface area contributed by atoms with E-state index in [1.807, 2.05) is 30.3 Å². The zero-order valence-corrected chi connectivity index (χ0v) is 29.8. The highest BCUT2D eigenvalue weighted by atomic mass is 35.5. The number of Topliss-reactive ketones (excluding diaryl/α,β-unsaturated/α-hetero) is 2. The minimum atomic E-state index is -1.45. The number of hydrogen-bond donors (Lipinski definition) is 3. The summed E-state index contributed by atoms with van der Waals surface area (Å²) in [5.74, 6) is -3.25. The van der Waals surface area contributed by atoms with Crippen molar-refractivity contribution in [1.29, 1.82) is 0 Å². The molecule has 1 aliphatic rings. The Kier molecular flexibility index (Phi) is 12.6. The van der Waals surface area contributed by atoms with Crippen molar-refractivity contribution in [2.24, 2.45) is 0 Å². The van der Waals surface area contributed by atoms with Crippen molar-refractivity contribution < 1.29 is 34.1 Å². The van der Waals surface area contributed by atoms with E-state index in [1.54, 1.807) is 18.2 Å². The number of benzene rings is 3. The van der Waals surface area contributed by atoms with Gasteiger partial charge in [0.05, 0.1) is 42.8 Å². The quantitative estimate of drug-likeness (QED) is 0.0416. The maximum Gasteiger partial charge on any atom is 0.303 e. The number of halogens is 4. The summed E-state index contributed by atoms with van der Waals surface area (Å²) < 4.78 is 11.9. The second-order valence-corrected chi connectivity index (χ2v) is 13.3. The van der Waals surface area contributed by atoms with Crippen molar-refractivity contribution in [1.82, 2.24) is 4.98 Å². The molecule has 13 heteroatoms. The molecule has 0 fully saturated rings. The van der Waals surface area contributed by atoms with Crippen LogP contribution in [-0.4, -0.2) is 58.6 Å². The Hall–Kier alpha value is -3.86. The van der Waals surface area contributed by atoms with Gasteiger partial charge in [0.1, 0.15) is 29.7 Å². The number of fused-ring (bicyclic) bond motifs is 2. The molecule has 3 aromatic carbocycles. The topological polar surface area (TPSA) is 135 Å². The van der Waals surface area contributed by atoms with Crippen molar-refractivity contribution in [3.05, 3.63) is 97.6 Å². The molecule has 5 rings (SSSR count). The van der Waals surface area contributed by atoms with E-state index in [9.17, 15) is 19.5 Å². The molecular formula is C37H34Cl4N2O7. The summed E-state index contributed by atoms with van der Waals surface area (Å²) >= 11 is 24.9. The first-order valence-electron chi connectivity index (χ1n) is 16.0. The van der Waals surface area contributed by atoms with Crippen LogP contribution in [-0.2, 0) is 9.53 Å². The number of carboxylic acid groups (broad SMARTS) is 1. The number of nitrogens with one attached hydrogen (secondary N) is 1. The van der Waals surface area contributed by atoms with Crippen molar-refractivity contribution in [2.75, 3.05) is 25.1 Å². The van der Waals surface area contributed by atoms with Gasteiger partial charge in [-0.1, -0.05) is 90.1 Å². The van der Waals surface area contributed by atoms with Gasteiger partial charge >= 0.3 is 5.97 Å². The summed E-state index contributed by atoms with van der Waals surface area (Å²) in [6, 6.07) is 14.5. The molecule has 1 aliphatic carbocycles. The van der Waals surface area contributed by atoms with E-state index in [1.165, 1.54) is 6.07 Å². The molecule has 0 saturated heterocycles. The van der Waals surface area contributed by atoms with Crippen LogP contribution in [0.15, 0.2) is 55.1 Å². The molecular weight excluding hydrogens is 726 g/mol. The van der Waals surface area contributed by atoms with Crippen molar-refractivity contribution in [3.8, 4) is 11.5 Å². The lowest BCUT2D eigenvalue weighted by atomic mass is 9.97. The van der Waals surface area contributed by atoms with Crippen LogP contribution in [0.25, 0.3) is 17.0 Å². The van der Waals surface area contributed by atoms with E-state index in [2.05, 4.69) is 16.9 Å². The number of unbranched alkanes of at least 4 members (excludes halogenated alkanes) is 2. The standard InChI is InChI=1S/C37H34Cl4N2O7/c1-2-20-9-13-23(14-10-20)50-19-24(49-16-6-8-27(45)46)7-4-3-5-15-42-22-12-11-21-17-26(44)35(43-25(21)18-22)30-36(47)28-29(37(30)48)32(39)34(41)33(40)31(28)38/h2,9-14,17-18,24,30,42,44H,1,3-8,15-16,19H2,(H,45,46). The summed E-state index contributed by atoms with van der Waals surface area (Å²) in [7, 11) is 0. The van der Waals surface area contributed by atoms with Gasteiger partial charge in [0.2, 0.25) is 0 Å². The fourth-order valence-electron chi connectivity index (χ4n) is 5.73. The number of carbonyl (C=O) groups excluding carboxylic acids is 2. The van der Waals surface area contributed by atoms with Gasteiger partial charge in [-0.15, -0.1) is 0 Å². The number of ketones is 2. The minimum absolute atomic E-state index is 0.0501. The van der Waals surface area contributed by atoms with Crippen LogP contribution in [0.1, 0.15) is 76.4 Å². The molecule has 1 atom stereocenters. The largest absolute Gasteiger partial charge is 0.506 e. The Bertz CT molecular complexity index is 1890. The summed E-state index contributed by atoms with van der Waals surface area (Å²) in [5, 5.41) is 23.1. The molecule has 1 unspecified atom stereocenters. The number of aromatic hydroxyl groups is 1. The van der Waals surface area contributed by atoms with Crippen LogP contribution in [0.5, 0.6) is 11.5 Å². The van der Waals surface area contributed by atoms with Gasteiger partial charge in [0, 0.05) is 30.6 Å². The summed E-state index contributed by atoms with van der Waals surface area (Å²) in [6.45, 7) is 5.12. The van der Waals surface area contributed by atoms with Gasteiger partial charge in [-0.3, -0.25) is 14.4 Å². The molecule has 0 spiro atoms. The number of aromatic nitrogens is 1. The molecule has 3 N–H and O–H groups in total. The van der Waals surface area contributed by atoms with Crippen LogP contribution in [0.3, 0.4) is 0 Å². The Labute approximate surface area is 309 Å². The number of pyridine rings is 1. The second kappa shape index (κ2) is 16.9. The second-order valence-electron chi connectivity index (χ2n) is 11.8. The van der Waals surface area contributed by atoms with Gasteiger partial charge in [0.25, 0.3) is 0 Å². The zero-order valence-electron chi connectivity index (χ0n) is 26.8. The smallest absolute Gasteiger partial charge is 0.303 e. The molecule has 4 aromatic rings. The first-order valence-corrected chi connectivity index (χ1v) is 17.5. The van der Waals surface area contributed by atoms with Gasteiger partial charge in [-0.25, -0.2) is 4.98 Å². The number of hydrogen-bond acceptors (Lipinski definition) is 8. The van der Waals surface area contributed by atoms with Crippen LogP contribution >= 0.6 is 46.4 Å². The lowest BCUT2D eigenvalue weighted by molar-refractivity contribution is -0.137. The van der Waals surface area contributed by atoms with E-state index in [0.29, 0.717) is 37.1 Å². The Morgan fingerprint density at radius 3 is 2.24 bits per heavy atom. The highest BCUT2D eigenvalue weighted by Gasteiger charge is 2.46. The Morgan fingerprint density at radius 2 is 1.60 bits per heavy atom. The monoisotopic (exact) mass is 758 g/mol. The molecule has 0 radical (unpaired) electrons. The molecule has 262 valence electrons. The maximum absolute atomic E-state index is 13.4. The van der Waals surface area contributed by atoms with Crippen molar-refractivity contribution in [3.63, 3.8) is 0 Å². The summed E-state index contributed by atoms with van der Waals surface area (Å²) in [4.78, 5) is 42.2. The number of aliphatic carboxylic acids is 1. The van der Waals surface area contributed by atoms with E-state index >= 15 is 0 Å². The first-order chi connectivity index (χ1) is 24.0. The van der Waals surface area contributed by atoms with Gasteiger partial charge in [0.15, 0.2) is 11.6 Å². The van der Waals surface area contributed by atoms with Crippen LogP contribution in [0.2, 0.25) is 20.1 Å². The number of carbonyl (C=O) groups is 3. The third-order valence-electron chi connectivity index (χ3n) is 8.36. The third-order valence-corrected chi connectivity index (χ3v) is 10.2. The SMILES string of the molecule is C=Cc1ccc(OCC(CCCCCNc2ccc3cc(O)c(C4C(=O)c5c(Cl)c(Cl)c(Cl)c(Cl)c5C4=O)nc3c2)OCCCC(=O)O)cc1. The number of anilines is 1. The van der Waals surface area contributed by atoms with Gasteiger partial charge in [-0.2, -0.15) is 0 Å². The predicted octanol–water partition coefficient (Wildman–Crippen LogP) is 9.66. The van der Waals surface area contributed by atoms with Crippen LogP contribution in [0.4, 0.5) is 5.69 Å². The summed E-state index contributed by atoms with van der Waals surface area (Å²) in [5.41, 5.74) is 1.84. The van der Waals surface area contributed by atoms with Gasteiger partial charge < -0.3 is 25.0 Å². The van der Waals surface area contributed by atoms with E-state index in [-0.39, 0.29) is 55.2 Å². The van der Waals surface area contributed by atoms with Gasteiger partial charge in [-0.05, 0) is 55.2 Å². The lowest BCUT2D eigenvalue weighted by Gasteiger charge is -2.19. The fraction of sp³-hybridized carbons (Fsp3) is 0.297. The van der Waals surface area contributed by atoms with E-state index in [0.717, 1.165) is 42.7 Å². The maximum atomic E-state index is 13.4. The first kappa shape index (κ1) is 37.4. The molecule has 50 heavy (non-hydrogen) atoms. The normalized spacial score (nSPS) is 13.4. The molecule has 0 amide bonds. The Morgan fingerprint density at radius 1 is 0.920 bits per heavy atom. The predicted molar refractivity (Wildman–Crippen MR) is 197 cm³/mol. The highest BCUT2D eigenvalue weighted by molar-refractivity contribution is 6.55. The third kappa shape index (κ3) is 8.53. The van der Waals surface area contributed by atoms with Crippen LogP contribution < -0.4 is 10.1 Å². The average Bonchev–Trinajstić information content (AvgIpc) is 3.37. The molecule has 0 saturated carbocycles. The Balaban J connectivity index is 1.17. The molecule has 1 aromatic heterocycles. The van der Waals surface area contributed by atoms with E-state index in [4.69, 9.17) is 61.0 Å². The van der Waals surface area contributed by atoms with Crippen molar-refractivity contribution in [2.45, 2.75) is 50.5 Å². The zero-order chi connectivity index (χ0) is 35.9. The minimum Gasteiger partial charge on any atom is -0.506 e. The molecule has 0 aliphatic heterocycles. The molecule has 0 bridgehead atoms. The molecule has 1 heterocycles. The van der Waals surface area contributed by atoms with Crippen molar-refractivity contribution >= 4 is 86.6 Å². The highest BCUT2D eigenvalue weighted by Crippen LogP contribution is 2.49. The average molecular weight is 760 g/mol.